The third-order valence-electron chi connectivity index (χ3n) is 5.71. The Morgan fingerprint density at radius 3 is 2.50 bits per heavy atom. The molecule has 2 amide bonds. The molecule has 1 aliphatic carbocycles. The van der Waals surface area contributed by atoms with Crippen molar-refractivity contribution in [3.63, 3.8) is 0 Å². The van der Waals surface area contributed by atoms with E-state index in [0.29, 0.717) is 6.54 Å². The van der Waals surface area contributed by atoms with Crippen LogP contribution in [-0.2, 0) is 18.3 Å². The minimum absolute atomic E-state index is 0.0225. The van der Waals surface area contributed by atoms with Gasteiger partial charge in [-0.25, -0.2) is 0 Å². The first-order valence-corrected chi connectivity index (χ1v) is 10.3. The minimum atomic E-state index is -0.0225. The van der Waals surface area contributed by atoms with E-state index in [-0.39, 0.29) is 23.8 Å². The highest BCUT2D eigenvalue weighted by molar-refractivity contribution is 6.31. The minimum Gasteiger partial charge on any atom is -0.356 e. The fraction of sp³-hybridized carbons (Fsp3) is 0.455. The van der Waals surface area contributed by atoms with Gasteiger partial charge in [0.1, 0.15) is 0 Å². The normalized spacial score (nSPS) is 19.2. The molecule has 1 heterocycles. The molecule has 6 heteroatoms. The summed E-state index contributed by atoms with van der Waals surface area (Å²) in [7, 11) is 1.93. The molecule has 0 bridgehead atoms. The zero-order valence-corrected chi connectivity index (χ0v) is 17.3. The number of carbonyl (C=O) groups excluding carboxylic acids is 2. The Hall–Kier alpha value is -2.27. The van der Waals surface area contributed by atoms with Gasteiger partial charge in [-0.15, -0.1) is 0 Å². The van der Waals surface area contributed by atoms with Crippen molar-refractivity contribution in [3.05, 3.63) is 58.4 Å². The third-order valence-corrected chi connectivity index (χ3v) is 6.08. The number of nitrogens with one attached hydrogen (secondary N) is 2. The van der Waals surface area contributed by atoms with Crippen LogP contribution in [0.1, 0.15) is 47.3 Å². The number of aromatic nitrogens is 1. The number of hydrogen-bond donors (Lipinski definition) is 2. The lowest BCUT2D eigenvalue weighted by molar-refractivity contribution is -0.126. The molecule has 0 atom stereocenters. The second kappa shape index (κ2) is 9.28. The molecular weight excluding hydrogens is 374 g/mol. The molecule has 28 heavy (non-hydrogen) atoms. The largest absolute Gasteiger partial charge is 0.356 e. The van der Waals surface area contributed by atoms with Gasteiger partial charge in [-0.2, -0.15) is 0 Å². The van der Waals surface area contributed by atoms with Crippen LogP contribution < -0.4 is 10.6 Å². The average Bonchev–Trinajstić information content (AvgIpc) is 3.02. The summed E-state index contributed by atoms with van der Waals surface area (Å²) in [6, 6.07) is 9.69. The highest BCUT2D eigenvalue weighted by atomic mass is 35.5. The van der Waals surface area contributed by atoms with Gasteiger partial charge in [0.2, 0.25) is 5.91 Å². The van der Waals surface area contributed by atoms with E-state index in [2.05, 4.69) is 10.6 Å². The third kappa shape index (κ3) is 4.96. The van der Waals surface area contributed by atoms with Crippen molar-refractivity contribution in [2.45, 2.75) is 45.1 Å². The summed E-state index contributed by atoms with van der Waals surface area (Å²) in [6.07, 6.45) is 5.90. The van der Waals surface area contributed by atoms with Crippen LogP contribution in [0.15, 0.2) is 36.5 Å². The second-order valence-corrected chi connectivity index (χ2v) is 7.99. The lowest BCUT2D eigenvalue weighted by Crippen LogP contribution is -2.41. The fourth-order valence-electron chi connectivity index (χ4n) is 3.78. The van der Waals surface area contributed by atoms with E-state index in [1.807, 2.05) is 55.1 Å². The number of carbonyl (C=O) groups is 2. The topological polar surface area (TPSA) is 63.1 Å². The van der Waals surface area contributed by atoms with Gasteiger partial charge in [0.15, 0.2) is 0 Å². The smallest absolute Gasteiger partial charge is 0.253 e. The first-order valence-electron chi connectivity index (χ1n) is 9.89. The molecular formula is C22H28ClN3O2. The van der Waals surface area contributed by atoms with Crippen LogP contribution >= 0.6 is 11.6 Å². The molecule has 0 aliphatic heterocycles. The number of amides is 2. The number of aryl methyl sites for hydroxylation is 1. The van der Waals surface area contributed by atoms with E-state index in [1.165, 1.54) is 0 Å². The molecule has 150 valence electrons. The highest BCUT2D eigenvalue weighted by Gasteiger charge is 2.27. The van der Waals surface area contributed by atoms with E-state index in [1.54, 1.807) is 0 Å². The second-order valence-electron chi connectivity index (χ2n) is 7.58. The van der Waals surface area contributed by atoms with E-state index in [9.17, 15) is 9.59 Å². The van der Waals surface area contributed by atoms with E-state index >= 15 is 0 Å². The van der Waals surface area contributed by atoms with Gasteiger partial charge in [-0.05, 0) is 56.7 Å². The van der Waals surface area contributed by atoms with Crippen LogP contribution in [0.3, 0.4) is 0 Å². The maximum absolute atomic E-state index is 12.5. The number of hydrogen-bond acceptors (Lipinski definition) is 2. The van der Waals surface area contributed by atoms with Crippen LogP contribution in [0, 0.1) is 12.8 Å². The van der Waals surface area contributed by atoms with Gasteiger partial charge < -0.3 is 15.2 Å². The summed E-state index contributed by atoms with van der Waals surface area (Å²) in [5.41, 5.74) is 2.73. The molecule has 1 saturated carbocycles. The van der Waals surface area contributed by atoms with Crippen molar-refractivity contribution in [2.75, 3.05) is 6.54 Å². The highest BCUT2D eigenvalue weighted by Crippen LogP contribution is 2.25. The maximum Gasteiger partial charge on any atom is 0.253 e. The summed E-state index contributed by atoms with van der Waals surface area (Å²) in [4.78, 5) is 24.9. The molecule has 3 rings (SSSR count). The molecule has 1 aromatic carbocycles. The molecule has 1 fully saturated rings. The molecule has 0 spiro atoms. The fourth-order valence-corrected chi connectivity index (χ4v) is 4.01. The summed E-state index contributed by atoms with van der Waals surface area (Å²) in [5, 5.41) is 6.89. The van der Waals surface area contributed by atoms with Crippen LogP contribution in [0.4, 0.5) is 0 Å². The molecule has 1 aromatic heterocycles. The van der Waals surface area contributed by atoms with Gasteiger partial charge in [-0.3, -0.25) is 9.59 Å². The summed E-state index contributed by atoms with van der Waals surface area (Å²) in [6.45, 7) is 2.53. The SMILES string of the molecule is Cc1c(C(=O)NC2CCC(C(=O)NCCc3ccccc3Cl)CC2)ccn1C. The van der Waals surface area contributed by atoms with E-state index in [0.717, 1.165) is 53.9 Å². The Morgan fingerprint density at radius 1 is 1.14 bits per heavy atom. The van der Waals surface area contributed by atoms with Gasteiger partial charge in [0.25, 0.3) is 5.91 Å². The molecule has 5 nitrogen and oxygen atoms in total. The summed E-state index contributed by atoms with van der Waals surface area (Å²) in [5.74, 6) is 0.110. The van der Waals surface area contributed by atoms with Gasteiger partial charge in [0.05, 0.1) is 5.56 Å². The Bertz CT molecular complexity index is 838. The number of nitrogens with zero attached hydrogens (tertiary/aromatic N) is 1. The molecule has 2 aromatic rings. The monoisotopic (exact) mass is 401 g/mol. The molecule has 2 N–H and O–H groups in total. The molecule has 1 aliphatic rings. The first kappa shape index (κ1) is 20.5. The Kier molecular flexibility index (Phi) is 6.79. The van der Waals surface area contributed by atoms with Crippen molar-refractivity contribution in [1.29, 1.82) is 0 Å². The van der Waals surface area contributed by atoms with Crippen molar-refractivity contribution >= 4 is 23.4 Å². The lowest BCUT2D eigenvalue weighted by Gasteiger charge is -2.28. The lowest BCUT2D eigenvalue weighted by atomic mass is 9.85. The number of halogens is 1. The van der Waals surface area contributed by atoms with Crippen LogP contribution in [-0.4, -0.2) is 29.0 Å². The molecule has 0 saturated heterocycles. The first-order chi connectivity index (χ1) is 13.5. The average molecular weight is 402 g/mol. The molecule has 0 radical (unpaired) electrons. The summed E-state index contributed by atoms with van der Waals surface area (Å²) >= 11 is 6.15. The van der Waals surface area contributed by atoms with Crippen molar-refractivity contribution in [2.24, 2.45) is 13.0 Å². The van der Waals surface area contributed by atoms with E-state index < -0.39 is 0 Å². The van der Waals surface area contributed by atoms with E-state index in [4.69, 9.17) is 11.6 Å². The Balaban J connectivity index is 1.41. The van der Waals surface area contributed by atoms with Gasteiger partial charge in [0, 0.05) is 42.5 Å². The number of benzene rings is 1. The maximum atomic E-state index is 12.5. The predicted octanol–water partition coefficient (Wildman–Crippen LogP) is 3.63. The standard InChI is InChI=1S/C22H28ClN3O2/c1-15-19(12-14-26(15)2)22(28)25-18-9-7-17(8-10-18)21(27)24-13-11-16-5-3-4-6-20(16)23/h3-6,12,14,17-18H,7-11,13H2,1-2H3,(H,24,27)(H,25,28). The van der Waals surface area contributed by atoms with Crippen molar-refractivity contribution in [3.8, 4) is 0 Å². The Labute approximate surface area is 171 Å². The summed E-state index contributed by atoms with van der Waals surface area (Å²) < 4.78 is 1.94. The number of rotatable bonds is 6. The predicted molar refractivity (Wildman–Crippen MR) is 112 cm³/mol. The quantitative estimate of drug-likeness (QED) is 0.776. The Morgan fingerprint density at radius 2 is 1.86 bits per heavy atom. The van der Waals surface area contributed by atoms with Crippen molar-refractivity contribution in [1.82, 2.24) is 15.2 Å². The van der Waals surface area contributed by atoms with Crippen LogP contribution in [0.25, 0.3) is 0 Å². The molecule has 0 unspecified atom stereocenters. The van der Waals surface area contributed by atoms with Crippen LogP contribution in [0.5, 0.6) is 0 Å². The van der Waals surface area contributed by atoms with Crippen LogP contribution in [0.2, 0.25) is 5.02 Å². The van der Waals surface area contributed by atoms with Crippen molar-refractivity contribution < 1.29 is 9.59 Å². The van der Waals surface area contributed by atoms with Gasteiger partial charge >= 0.3 is 0 Å². The van der Waals surface area contributed by atoms with Gasteiger partial charge in [-0.1, -0.05) is 29.8 Å². The zero-order valence-electron chi connectivity index (χ0n) is 16.5. The zero-order chi connectivity index (χ0) is 20.1.